The van der Waals surface area contributed by atoms with E-state index in [0.29, 0.717) is 19.5 Å². The van der Waals surface area contributed by atoms with Crippen LogP contribution in [0.4, 0.5) is 0 Å². The Bertz CT molecular complexity index is 589. The zero-order valence-corrected chi connectivity index (χ0v) is 15.0. The van der Waals surface area contributed by atoms with E-state index in [1.165, 1.54) is 11.1 Å². The number of carbonyl (C=O) groups is 1. The number of nitrogens with two attached hydrogens (primary N) is 1. The molecule has 2 rings (SSSR count). The molecule has 0 aliphatic rings. The maximum atomic E-state index is 12.6. The van der Waals surface area contributed by atoms with Crippen molar-refractivity contribution in [2.24, 2.45) is 5.73 Å². The molecule has 1 unspecified atom stereocenters. The van der Waals surface area contributed by atoms with Gasteiger partial charge in [-0.15, -0.1) is 12.4 Å². The number of hydrogen-bond donors (Lipinski definition) is 1. The molecule has 4 heteroatoms. The van der Waals surface area contributed by atoms with Crippen LogP contribution in [0.3, 0.4) is 0 Å². The highest BCUT2D eigenvalue weighted by atomic mass is 35.5. The van der Waals surface area contributed by atoms with E-state index in [-0.39, 0.29) is 24.2 Å². The molecule has 130 valence electrons. The van der Waals surface area contributed by atoms with E-state index in [0.717, 1.165) is 13.0 Å². The summed E-state index contributed by atoms with van der Waals surface area (Å²) < 4.78 is 0. The van der Waals surface area contributed by atoms with Crippen molar-refractivity contribution in [2.45, 2.75) is 25.7 Å². The van der Waals surface area contributed by atoms with Crippen molar-refractivity contribution in [3.05, 3.63) is 71.8 Å². The van der Waals surface area contributed by atoms with Crippen LogP contribution >= 0.6 is 12.4 Å². The fourth-order valence-corrected chi connectivity index (χ4v) is 2.72. The summed E-state index contributed by atoms with van der Waals surface area (Å²) >= 11 is 0. The van der Waals surface area contributed by atoms with E-state index in [1.54, 1.807) is 0 Å². The predicted octanol–water partition coefficient (Wildman–Crippen LogP) is 3.63. The molecule has 2 aromatic rings. The summed E-state index contributed by atoms with van der Waals surface area (Å²) in [6.45, 7) is 3.94. The predicted molar refractivity (Wildman–Crippen MR) is 103 cm³/mol. The van der Waals surface area contributed by atoms with Crippen LogP contribution in [0.25, 0.3) is 0 Å². The fraction of sp³-hybridized carbons (Fsp3) is 0.350. The average molecular weight is 347 g/mol. The summed E-state index contributed by atoms with van der Waals surface area (Å²) in [6, 6.07) is 20.4. The number of hydrogen-bond acceptors (Lipinski definition) is 2. The number of rotatable bonds is 8. The molecular formula is C20H27ClN2O. The molecular weight excluding hydrogens is 320 g/mol. The molecule has 0 saturated carbocycles. The fourth-order valence-electron chi connectivity index (χ4n) is 2.72. The Labute approximate surface area is 151 Å². The van der Waals surface area contributed by atoms with Gasteiger partial charge in [-0.05, 0) is 23.5 Å². The van der Waals surface area contributed by atoms with Crippen molar-refractivity contribution in [3.8, 4) is 0 Å². The first kappa shape index (κ1) is 20.2. The van der Waals surface area contributed by atoms with Crippen LogP contribution in [0.5, 0.6) is 0 Å². The van der Waals surface area contributed by atoms with E-state index in [2.05, 4.69) is 31.2 Å². The molecule has 1 amide bonds. The molecule has 24 heavy (non-hydrogen) atoms. The van der Waals surface area contributed by atoms with Crippen LogP contribution in [-0.2, 0) is 11.2 Å². The third-order valence-corrected chi connectivity index (χ3v) is 4.11. The molecule has 0 aromatic heterocycles. The van der Waals surface area contributed by atoms with Crippen molar-refractivity contribution >= 4 is 18.3 Å². The van der Waals surface area contributed by atoms with Gasteiger partial charge in [0.15, 0.2) is 0 Å². The Balaban J connectivity index is 0.00000288. The number of benzene rings is 2. The average Bonchev–Trinajstić information content (AvgIpc) is 2.60. The highest BCUT2D eigenvalue weighted by Gasteiger charge is 2.17. The first-order chi connectivity index (χ1) is 11.2. The van der Waals surface area contributed by atoms with E-state index < -0.39 is 0 Å². The second kappa shape index (κ2) is 10.8. The van der Waals surface area contributed by atoms with Gasteiger partial charge in [-0.25, -0.2) is 0 Å². The van der Waals surface area contributed by atoms with Gasteiger partial charge in [-0.3, -0.25) is 4.79 Å². The smallest absolute Gasteiger partial charge is 0.223 e. The lowest BCUT2D eigenvalue weighted by molar-refractivity contribution is -0.131. The van der Waals surface area contributed by atoms with Gasteiger partial charge >= 0.3 is 0 Å². The minimum absolute atomic E-state index is 0. The quantitative estimate of drug-likeness (QED) is 0.793. The second-order valence-corrected chi connectivity index (χ2v) is 5.92. The van der Waals surface area contributed by atoms with Gasteiger partial charge < -0.3 is 10.6 Å². The molecule has 0 aliphatic heterocycles. The summed E-state index contributed by atoms with van der Waals surface area (Å²) in [7, 11) is 0. The minimum atomic E-state index is 0. The third kappa shape index (κ3) is 6.34. The zero-order chi connectivity index (χ0) is 16.5. The lowest BCUT2D eigenvalue weighted by atomic mass is 9.97. The van der Waals surface area contributed by atoms with Crippen LogP contribution in [0, 0.1) is 0 Å². The molecule has 2 N–H and O–H groups in total. The minimum Gasteiger partial charge on any atom is -0.341 e. The highest BCUT2D eigenvalue weighted by Crippen LogP contribution is 2.19. The molecule has 0 radical (unpaired) electrons. The van der Waals surface area contributed by atoms with Crippen LogP contribution < -0.4 is 5.73 Å². The molecule has 1 atom stereocenters. The van der Waals surface area contributed by atoms with Crippen molar-refractivity contribution in [2.75, 3.05) is 19.6 Å². The molecule has 0 bridgehead atoms. The number of carbonyl (C=O) groups excluding carboxylic acids is 1. The first-order valence-corrected chi connectivity index (χ1v) is 8.27. The largest absolute Gasteiger partial charge is 0.341 e. The molecule has 0 heterocycles. The summed E-state index contributed by atoms with van der Waals surface area (Å²) in [5.74, 6) is 0.406. The Hall–Kier alpha value is -1.84. The Morgan fingerprint density at radius 3 is 2.17 bits per heavy atom. The van der Waals surface area contributed by atoms with Gasteiger partial charge in [-0.2, -0.15) is 0 Å². The number of halogens is 1. The molecule has 0 saturated heterocycles. The first-order valence-electron chi connectivity index (χ1n) is 8.27. The van der Waals surface area contributed by atoms with Gasteiger partial charge in [0.05, 0.1) is 0 Å². The van der Waals surface area contributed by atoms with Crippen molar-refractivity contribution in [3.63, 3.8) is 0 Å². The van der Waals surface area contributed by atoms with Gasteiger partial charge in [0.25, 0.3) is 0 Å². The van der Waals surface area contributed by atoms with Crippen molar-refractivity contribution in [1.82, 2.24) is 4.90 Å². The van der Waals surface area contributed by atoms with Gasteiger partial charge in [-0.1, -0.05) is 67.6 Å². The summed E-state index contributed by atoms with van der Waals surface area (Å²) in [5.41, 5.74) is 8.14. The molecule has 2 aromatic carbocycles. The van der Waals surface area contributed by atoms with E-state index in [1.807, 2.05) is 41.3 Å². The highest BCUT2D eigenvalue weighted by molar-refractivity contribution is 5.85. The van der Waals surface area contributed by atoms with E-state index >= 15 is 0 Å². The van der Waals surface area contributed by atoms with Gasteiger partial charge in [0.2, 0.25) is 5.91 Å². The SMILES string of the molecule is CC(CC(=O)N(CCN)CCc1ccccc1)c1ccccc1.Cl. The maximum absolute atomic E-state index is 12.6. The monoisotopic (exact) mass is 346 g/mol. The summed E-state index contributed by atoms with van der Waals surface area (Å²) in [4.78, 5) is 14.5. The standard InChI is InChI=1S/C20H26N2O.ClH/c1-17(19-10-6-3-7-11-19)16-20(23)22(15-13-21)14-12-18-8-4-2-5-9-18;/h2-11,17H,12-16,21H2,1H3;1H. The lowest BCUT2D eigenvalue weighted by Gasteiger charge is -2.24. The van der Waals surface area contributed by atoms with Gasteiger partial charge in [0.1, 0.15) is 0 Å². The Morgan fingerprint density at radius 2 is 1.58 bits per heavy atom. The van der Waals surface area contributed by atoms with Crippen LogP contribution in [0.2, 0.25) is 0 Å². The van der Waals surface area contributed by atoms with E-state index in [4.69, 9.17) is 5.73 Å². The summed E-state index contributed by atoms with van der Waals surface area (Å²) in [6.07, 6.45) is 1.39. The number of nitrogens with zero attached hydrogens (tertiary/aromatic N) is 1. The van der Waals surface area contributed by atoms with Crippen LogP contribution in [0.1, 0.15) is 30.4 Å². The molecule has 0 fully saturated rings. The number of amides is 1. The second-order valence-electron chi connectivity index (χ2n) is 5.92. The van der Waals surface area contributed by atoms with Gasteiger partial charge in [0, 0.05) is 26.1 Å². The van der Waals surface area contributed by atoms with Crippen LogP contribution in [0.15, 0.2) is 60.7 Å². The molecule has 3 nitrogen and oxygen atoms in total. The van der Waals surface area contributed by atoms with E-state index in [9.17, 15) is 4.79 Å². The topological polar surface area (TPSA) is 46.3 Å². The molecule has 0 spiro atoms. The maximum Gasteiger partial charge on any atom is 0.223 e. The lowest BCUT2D eigenvalue weighted by Crippen LogP contribution is -2.37. The van der Waals surface area contributed by atoms with Crippen molar-refractivity contribution in [1.29, 1.82) is 0 Å². The summed E-state index contributed by atoms with van der Waals surface area (Å²) in [5, 5.41) is 0. The van der Waals surface area contributed by atoms with Crippen molar-refractivity contribution < 1.29 is 4.79 Å². The Morgan fingerprint density at radius 1 is 1.00 bits per heavy atom. The zero-order valence-electron chi connectivity index (χ0n) is 14.2. The van der Waals surface area contributed by atoms with Crippen LogP contribution in [-0.4, -0.2) is 30.4 Å². The Kier molecular flexibility index (Phi) is 9.13. The molecule has 0 aliphatic carbocycles. The third-order valence-electron chi connectivity index (χ3n) is 4.11. The normalized spacial score (nSPS) is 11.4.